The molecule has 0 saturated heterocycles. The van der Waals surface area contributed by atoms with Crippen LogP contribution in [0.1, 0.15) is 28.4 Å². The minimum atomic E-state index is -0.423. The number of fused-ring (bicyclic) bond motifs is 1. The zero-order valence-corrected chi connectivity index (χ0v) is 19.7. The maximum Gasteiger partial charge on any atom is 0.340 e. The number of halogens is 1. The van der Waals surface area contributed by atoms with Gasteiger partial charge in [-0.15, -0.1) is 0 Å². The summed E-state index contributed by atoms with van der Waals surface area (Å²) in [6, 6.07) is 21.5. The molecule has 0 aliphatic carbocycles. The first-order chi connectivity index (χ1) is 16.1. The van der Waals surface area contributed by atoms with E-state index in [1.54, 1.807) is 12.1 Å². The van der Waals surface area contributed by atoms with Crippen molar-refractivity contribution in [2.24, 2.45) is 5.16 Å². The SMILES string of the molecule is CCOc1nc2cccc(C(=O)OC)c2n1Cc1ccc(-c2ccccc2/C(Br)=N/O)cc1. The van der Waals surface area contributed by atoms with Crippen LogP contribution in [0.3, 0.4) is 0 Å². The molecule has 0 amide bonds. The number of benzene rings is 3. The number of carbonyl (C=O) groups is 1. The van der Waals surface area contributed by atoms with Crippen LogP contribution in [-0.2, 0) is 11.3 Å². The van der Waals surface area contributed by atoms with Crippen molar-refractivity contribution in [3.63, 3.8) is 0 Å². The van der Waals surface area contributed by atoms with Crippen LogP contribution in [0.5, 0.6) is 6.01 Å². The lowest BCUT2D eigenvalue weighted by molar-refractivity contribution is 0.0602. The van der Waals surface area contributed by atoms with Gasteiger partial charge < -0.3 is 14.7 Å². The van der Waals surface area contributed by atoms with Crippen molar-refractivity contribution >= 4 is 37.6 Å². The number of methoxy groups -OCH3 is 1. The Labute approximate surface area is 199 Å². The number of hydrogen-bond donors (Lipinski definition) is 1. The fourth-order valence-electron chi connectivity index (χ4n) is 3.77. The summed E-state index contributed by atoms with van der Waals surface area (Å²) in [7, 11) is 1.36. The van der Waals surface area contributed by atoms with Crippen LogP contribution in [-0.4, -0.2) is 39.1 Å². The summed E-state index contributed by atoms with van der Waals surface area (Å²) in [5, 5.41) is 12.4. The third-order valence-electron chi connectivity index (χ3n) is 5.25. The van der Waals surface area contributed by atoms with E-state index in [9.17, 15) is 10.0 Å². The smallest absolute Gasteiger partial charge is 0.340 e. The minimum Gasteiger partial charge on any atom is -0.465 e. The summed E-state index contributed by atoms with van der Waals surface area (Å²) in [6.07, 6.45) is 0. The van der Waals surface area contributed by atoms with E-state index < -0.39 is 5.97 Å². The van der Waals surface area contributed by atoms with Crippen molar-refractivity contribution in [3.8, 4) is 17.1 Å². The maximum atomic E-state index is 12.4. The zero-order chi connectivity index (χ0) is 23.4. The second-order valence-corrected chi connectivity index (χ2v) is 7.96. The van der Waals surface area contributed by atoms with Crippen molar-refractivity contribution in [2.45, 2.75) is 13.5 Å². The molecule has 8 heteroatoms. The highest BCUT2D eigenvalue weighted by Gasteiger charge is 2.20. The van der Waals surface area contributed by atoms with E-state index in [4.69, 9.17) is 9.47 Å². The van der Waals surface area contributed by atoms with Gasteiger partial charge in [-0.3, -0.25) is 4.57 Å². The van der Waals surface area contributed by atoms with Gasteiger partial charge in [-0.1, -0.05) is 59.8 Å². The van der Waals surface area contributed by atoms with Gasteiger partial charge in [0.15, 0.2) is 4.62 Å². The van der Waals surface area contributed by atoms with Gasteiger partial charge in [0, 0.05) is 5.56 Å². The van der Waals surface area contributed by atoms with Gasteiger partial charge in [-0.05, 0) is 51.7 Å². The molecule has 0 aliphatic rings. The maximum absolute atomic E-state index is 12.4. The molecule has 7 nitrogen and oxygen atoms in total. The van der Waals surface area contributed by atoms with Crippen molar-refractivity contribution in [2.75, 3.05) is 13.7 Å². The molecule has 0 aliphatic heterocycles. The fourth-order valence-corrected chi connectivity index (χ4v) is 4.11. The number of nitrogens with zero attached hydrogens (tertiary/aromatic N) is 3. The topological polar surface area (TPSA) is 85.9 Å². The lowest BCUT2D eigenvalue weighted by Gasteiger charge is -2.12. The van der Waals surface area contributed by atoms with Crippen LogP contribution in [0, 0.1) is 0 Å². The highest BCUT2D eigenvalue weighted by Crippen LogP contribution is 2.29. The van der Waals surface area contributed by atoms with E-state index in [-0.39, 0.29) is 0 Å². The predicted molar refractivity (Wildman–Crippen MR) is 130 cm³/mol. The molecule has 0 spiro atoms. The largest absolute Gasteiger partial charge is 0.465 e. The quantitative estimate of drug-likeness (QED) is 0.155. The average molecular weight is 508 g/mol. The lowest BCUT2D eigenvalue weighted by Crippen LogP contribution is -2.09. The highest BCUT2D eigenvalue weighted by atomic mass is 79.9. The highest BCUT2D eigenvalue weighted by molar-refractivity contribution is 9.18. The van der Waals surface area contributed by atoms with Crippen LogP contribution >= 0.6 is 15.9 Å². The first kappa shape index (κ1) is 22.5. The normalized spacial score (nSPS) is 11.5. The van der Waals surface area contributed by atoms with Crippen LogP contribution < -0.4 is 4.74 Å². The van der Waals surface area contributed by atoms with Crippen molar-refractivity contribution in [3.05, 3.63) is 83.4 Å². The van der Waals surface area contributed by atoms with Gasteiger partial charge in [0.25, 0.3) is 6.01 Å². The number of esters is 1. The van der Waals surface area contributed by atoms with Gasteiger partial charge in [0.2, 0.25) is 0 Å². The van der Waals surface area contributed by atoms with Gasteiger partial charge >= 0.3 is 5.97 Å². The molecule has 1 heterocycles. The molecule has 0 radical (unpaired) electrons. The molecule has 0 atom stereocenters. The molecule has 0 fully saturated rings. The second kappa shape index (κ2) is 9.87. The van der Waals surface area contributed by atoms with Crippen molar-refractivity contribution < 1.29 is 19.5 Å². The summed E-state index contributed by atoms with van der Waals surface area (Å²) in [6.45, 7) is 2.81. The number of imidazole rings is 1. The summed E-state index contributed by atoms with van der Waals surface area (Å²) in [4.78, 5) is 16.9. The molecule has 33 heavy (non-hydrogen) atoms. The zero-order valence-electron chi connectivity index (χ0n) is 18.2. The molecular formula is C25H22BrN3O4. The lowest BCUT2D eigenvalue weighted by atomic mass is 9.99. The van der Waals surface area contributed by atoms with Crippen LogP contribution in [0.25, 0.3) is 22.2 Å². The number of oxime groups is 1. The Morgan fingerprint density at radius 1 is 1.06 bits per heavy atom. The molecule has 1 aromatic heterocycles. The molecule has 168 valence electrons. The number of ether oxygens (including phenoxy) is 2. The van der Waals surface area contributed by atoms with Crippen LogP contribution in [0.15, 0.2) is 71.9 Å². The summed E-state index contributed by atoms with van der Waals surface area (Å²) in [5.74, 6) is -0.423. The molecule has 4 aromatic rings. The molecule has 1 N–H and O–H groups in total. The van der Waals surface area contributed by atoms with Crippen LogP contribution in [0.2, 0.25) is 0 Å². The third-order valence-corrected chi connectivity index (χ3v) is 5.84. The second-order valence-electron chi connectivity index (χ2n) is 7.21. The standard InChI is InChI=1S/C25H22BrN3O4/c1-3-33-25-27-21-10-6-9-20(24(30)32-2)22(21)29(25)15-16-11-13-17(14-12-16)18-7-4-5-8-19(18)23(26)28-31/h4-14,31H,3,15H2,1-2H3/b28-23-. The number of aromatic nitrogens is 2. The number of hydrogen-bond acceptors (Lipinski definition) is 6. The van der Waals surface area contributed by atoms with E-state index in [1.165, 1.54) is 7.11 Å². The van der Waals surface area contributed by atoms with Gasteiger partial charge in [0.05, 0.1) is 36.9 Å². The summed E-state index contributed by atoms with van der Waals surface area (Å²) in [5.41, 5.74) is 5.48. The Morgan fingerprint density at radius 2 is 1.79 bits per heavy atom. The minimum absolute atomic E-state index is 0.365. The Kier molecular flexibility index (Phi) is 6.74. The van der Waals surface area contributed by atoms with Crippen molar-refractivity contribution in [1.29, 1.82) is 0 Å². The van der Waals surface area contributed by atoms with Crippen molar-refractivity contribution in [1.82, 2.24) is 9.55 Å². The summed E-state index contributed by atoms with van der Waals surface area (Å²) >= 11 is 3.30. The number of para-hydroxylation sites is 1. The fraction of sp³-hybridized carbons (Fsp3) is 0.160. The number of rotatable bonds is 7. The van der Waals surface area contributed by atoms with E-state index in [2.05, 4.69) is 26.1 Å². The predicted octanol–water partition coefficient (Wildman–Crippen LogP) is 5.47. The molecular weight excluding hydrogens is 486 g/mol. The monoisotopic (exact) mass is 507 g/mol. The van der Waals surface area contributed by atoms with E-state index in [0.29, 0.717) is 40.4 Å². The Bertz CT molecular complexity index is 1330. The van der Waals surface area contributed by atoms with E-state index in [0.717, 1.165) is 22.3 Å². The van der Waals surface area contributed by atoms with Gasteiger partial charge in [-0.25, -0.2) is 4.79 Å². The Balaban J connectivity index is 1.74. The van der Waals surface area contributed by atoms with Gasteiger partial charge in [-0.2, -0.15) is 4.98 Å². The molecule has 4 rings (SSSR count). The third kappa shape index (κ3) is 4.47. The van der Waals surface area contributed by atoms with E-state index in [1.807, 2.05) is 66.1 Å². The number of carbonyl (C=O) groups excluding carboxylic acids is 1. The Morgan fingerprint density at radius 3 is 2.48 bits per heavy atom. The Hall–Kier alpha value is -3.65. The first-order valence-corrected chi connectivity index (χ1v) is 11.1. The molecule has 0 saturated carbocycles. The van der Waals surface area contributed by atoms with E-state index >= 15 is 0 Å². The molecule has 0 bridgehead atoms. The first-order valence-electron chi connectivity index (χ1n) is 10.3. The molecule has 0 unspecified atom stereocenters. The van der Waals surface area contributed by atoms with Gasteiger partial charge in [0.1, 0.15) is 0 Å². The average Bonchev–Trinajstić information content (AvgIpc) is 3.20. The molecule has 3 aromatic carbocycles. The summed E-state index contributed by atoms with van der Waals surface area (Å²) < 4.78 is 13.0. The van der Waals surface area contributed by atoms with Crippen LogP contribution in [0.4, 0.5) is 0 Å².